The summed E-state index contributed by atoms with van der Waals surface area (Å²) in [6.07, 6.45) is 5.21. The van der Waals surface area contributed by atoms with Crippen molar-refractivity contribution in [3.63, 3.8) is 0 Å². The minimum absolute atomic E-state index is 0.162. The van der Waals surface area contributed by atoms with Crippen molar-refractivity contribution in [1.29, 1.82) is 0 Å². The van der Waals surface area contributed by atoms with Crippen LogP contribution in [0, 0.1) is 0 Å². The number of carbonyl (C=O) groups is 2. The Labute approximate surface area is 96.7 Å². The molecular formula is C12H22O4. The Morgan fingerprint density at radius 3 is 2.19 bits per heavy atom. The van der Waals surface area contributed by atoms with Gasteiger partial charge in [0.05, 0.1) is 12.5 Å². The average Bonchev–Trinajstić information content (AvgIpc) is 2.14. The molecule has 16 heavy (non-hydrogen) atoms. The van der Waals surface area contributed by atoms with Crippen molar-refractivity contribution in [3.8, 4) is 0 Å². The molecule has 0 fully saturated rings. The third kappa shape index (κ3) is 11.2. The lowest BCUT2D eigenvalue weighted by Gasteiger charge is -2.06. The molecule has 0 spiro atoms. The molecule has 0 rings (SSSR count). The van der Waals surface area contributed by atoms with Crippen LogP contribution >= 0.6 is 0 Å². The SMILES string of the molecule is CC(=O)CCCCCCC[C@@H](O)CC(=O)O. The molecule has 0 bridgehead atoms. The van der Waals surface area contributed by atoms with E-state index in [-0.39, 0.29) is 12.2 Å². The van der Waals surface area contributed by atoms with Gasteiger partial charge in [0.1, 0.15) is 5.78 Å². The summed E-state index contributed by atoms with van der Waals surface area (Å²) < 4.78 is 0. The number of hydrogen-bond acceptors (Lipinski definition) is 3. The monoisotopic (exact) mass is 230 g/mol. The summed E-state index contributed by atoms with van der Waals surface area (Å²) in [4.78, 5) is 20.9. The molecule has 0 unspecified atom stereocenters. The number of carbonyl (C=O) groups excluding carboxylic acids is 1. The molecule has 94 valence electrons. The number of rotatable bonds is 10. The van der Waals surface area contributed by atoms with Crippen molar-refractivity contribution in [1.82, 2.24) is 0 Å². The van der Waals surface area contributed by atoms with Crippen LogP contribution in [0.15, 0.2) is 0 Å². The Bertz CT molecular complexity index is 213. The van der Waals surface area contributed by atoms with Gasteiger partial charge in [-0.25, -0.2) is 0 Å². The number of unbranched alkanes of at least 4 members (excludes halogenated alkanes) is 4. The zero-order chi connectivity index (χ0) is 12.4. The van der Waals surface area contributed by atoms with Crippen molar-refractivity contribution in [2.75, 3.05) is 0 Å². The fourth-order valence-corrected chi connectivity index (χ4v) is 1.59. The first-order chi connectivity index (χ1) is 7.52. The Morgan fingerprint density at radius 1 is 1.06 bits per heavy atom. The number of aliphatic carboxylic acids is 1. The van der Waals surface area contributed by atoms with Crippen LogP contribution < -0.4 is 0 Å². The van der Waals surface area contributed by atoms with Crippen molar-refractivity contribution in [2.45, 2.75) is 64.4 Å². The zero-order valence-corrected chi connectivity index (χ0v) is 9.95. The molecule has 0 saturated heterocycles. The maximum Gasteiger partial charge on any atom is 0.305 e. The van der Waals surface area contributed by atoms with Crippen LogP contribution in [0.2, 0.25) is 0 Å². The van der Waals surface area contributed by atoms with Crippen molar-refractivity contribution in [2.24, 2.45) is 0 Å². The second-order valence-electron chi connectivity index (χ2n) is 4.26. The van der Waals surface area contributed by atoms with Gasteiger partial charge in [-0.2, -0.15) is 0 Å². The standard InChI is InChI=1S/C12H22O4/c1-10(13)7-5-3-2-4-6-8-11(14)9-12(15)16/h11,14H,2-9H2,1H3,(H,15,16)/t11-/m1/s1. The number of aliphatic hydroxyl groups excluding tert-OH is 1. The summed E-state index contributed by atoms with van der Waals surface area (Å²) >= 11 is 0. The molecule has 0 aliphatic carbocycles. The highest BCUT2D eigenvalue weighted by Gasteiger charge is 2.08. The molecular weight excluding hydrogens is 208 g/mol. The number of Topliss-reactive ketones (excluding diaryl/α,β-unsaturated/α-hetero) is 1. The van der Waals surface area contributed by atoms with Crippen molar-refractivity contribution in [3.05, 3.63) is 0 Å². The van der Waals surface area contributed by atoms with E-state index in [0.29, 0.717) is 12.8 Å². The first-order valence-electron chi connectivity index (χ1n) is 5.91. The quantitative estimate of drug-likeness (QED) is 0.564. The van der Waals surface area contributed by atoms with Crippen LogP contribution in [0.1, 0.15) is 58.3 Å². The highest BCUT2D eigenvalue weighted by atomic mass is 16.4. The third-order valence-electron chi connectivity index (χ3n) is 2.48. The fraction of sp³-hybridized carbons (Fsp3) is 0.833. The van der Waals surface area contributed by atoms with Crippen LogP contribution in [0.3, 0.4) is 0 Å². The van der Waals surface area contributed by atoms with Gasteiger partial charge in [0, 0.05) is 6.42 Å². The molecule has 0 radical (unpaired) electrons. The molecule has 0 aliphatic heterocycles. The number of aliphatic hydroxyl groups is 1. The van der Waals surface area contributed by atoms with E-state index in [1.165, 1.54) is 0 Å². The number of carboxylic acids is 1. The molecule has 0 aromatic rings. The second-order valence-corrected chi connectivity index (χ2v) is 4.26. The normalized spacial score (nSPS) is 12.4. The van der Waals surface area contributed by atoms with Crippen LogP contribution in [0.5, 0.6) is 0 Å². The Balaban J connectivity index is 3.20. The van der Waals surface area contributed by atoms with Gasteiger partial charge in [-0.3, -0.25) is 4.79 Å². The van der Waals surface area contributed by atoms with E-state index in [2.05, 4.69) is 0 Å². The first-order valence-corrected chi connectivity index (χ1v) is 5.91. The lowest BCUT2D eigenvalue weighted by Crippen LogP contribution is -2.12. The number of hydrogen-bond donors (Lipinski definition) is 2. The van der Waals surface area contributed by atoms with Crippen molar-refractivity contribution >= 4 is 11.8 Å². The Morgan fingerprint density at radius 2 is 1.62 bits per heavy atom. The predicted octanol–water partition coefficient (Wildman–Crippen LogP) is 2.14. The molecule has 2 N–H and O–H groups in total. The molecule has 1 atom stereocenters. The van der Waals surface area contributed by atoms with Gasteiger partial charge in [0.2, 0.25) is 0 Å². The first kappa shape index (κ1) is 15.1. The topological polar surface area (TPSA) is 74.6 Å². The van der Waals surface area contributed by atoms with E-state index in [9.17, 15) is 14.7 Å². The van der Waals surface area contributed by atoms with E-state index < -0.39 is 12.1 Å². The molecule has 4 nitrogen and oxygen atoms in total. The maximum absolute atomic E-state index is 10.6. The number of carboxylic acid groups (broad SMARTS) is 1. The highest BCUT2D eigenvalue weighted by molar-refractivity contribution is 5.75. The Kier molecular flexibility index (Phi) is 8.81. The van der Waals surface area contributed by atoms with Gasteiger partial charge in [-0.1, -0.05) is 25.7 Å². The molecule has 0 aromatic heterocycles. The minimum atomic E-state index is -0.950. The highest BCUT2D eigenvalue weighted by Crippen LogP contribution is 2.10. The largest absolute Gasteiger partial charge is 0.481 e. The van der Waals surface area contributed by atoms with E-state index in [4.69, 9.17) is 5.11 Å². The fourth-order valence-electron chi connectivity index (χ4n) is 1.59. The van der Waals surface area contributed by atoms with Gasteiger partial charge in [-0.15, -0.1) is 0 Å². The smallest absolute Gasteiger partial charge is 0.305 e. The van der Waals surface area contributed by atoms with Crippen LogP contribution in [-0.2, 0) is 9.59 Å². The van der Waals surface area contributed by atoms with Gasteiger partial charge in [0.15, 0.2) is 0 Å². The zero-order valence-electron chi connectivity index (χ0n) is 9.95. The van der Waals surface area contributed by atoms with E-state index in [1.54, 1.807) is 6.92 Å². The minimum Gasteiger partial charge on any atom is -0.481 e. The maximum atomic E-state index is 10.6. The van der Waals surface area contributed by atoms with Gasteiger partial charge >= 0.3 is 5.97 Å². The van der Waals surface area contributed by atoms with Crippen LogP contribution in [-0.4, -0.2) is 28.1 Å². The van der Waals surface area contributed by atoms with Crippen LogP contribution in [0.4, 0.5) is 0 Å². The van der Waals surface area contributed by atoms with E-state index in [1.807, 2.05) is 0 Å². The average molecular weight is 230 g/mol. The summed E-state index contributed by atoms with van der Waals surface area (Å²) in [7, 11) is 0. The summed E-state index contributed by atoms with van der Waals surface area (Å²) in [6, 6.07) is 0. The lowest BCUT2D eigenvalue weighted by molar-refractivity contribution is -0.139. The molecule has 4 heteroatoms. The lowest BCUT2D eigenvalue weighted by atomic mass is 10.0. The van der Waals surface area contributed by atoms with E-state index >= 15 is 0 Å². The molecule has 0 heterocycles. The molecule has 0 aliphatic rings. The van der Waals surface area contributed by atoms with E-state index in [0.717, 1.165) is 32.1 Å². The van der Waals surface area contributed by atoms with Gasteiger partial charge in [0.25, 0.3) is 0 Å². The summed E-state index contributed by atoms with van der Waals surface area (Å²) in [5.74, 6) is -0.717. The third-order valence-corrected chi connectivity index (χ3v) is 2.48. The summed E-state index contributed by atoms with van der Waals surface area (Å²) in [6.45, 7) is 1.60. The van der Waals surface area contributed by atoms with Gasteiger partial charge in [-0.05, 0) is 19.8 Å². The summed E-state index contributed by atoms with van der Waals surface area (Å²) in [5.41, 5.74) is 0. The molecule has 0 saturated carbocycles. The Hall–Kier alpha value is -0.900. The summed E-state index contributed by atoms with van der Waals surface area (Å²) in [5, 5.41) is 17.7. The predicted molar refractivity (Wildman–Crippen MR) is 61.3 cm³/mol. The van der Waals surface area contributed by atoms with Gasteiger partial charge < -0.3 is 15.0 Å². The van der Waals surface area contributed by atoms with Crippen molar-refractivity contribution < 1.29 is 19.8 Å². The van der Waals surface area contributed by atoms with Crippen LogP contribution in [0.25, 0.3) is 0 Å². The second kappa shape index (κ2) is 9.33. The molecule has 0 aromatic carbocycles. The molecule has 0 amide bonds. The number of ketones is 1.